The Kier molecular flexibility index (Phi) is 4.22. The normalized spacial score (nSPS) is 13.1. The summed E-state index contributed by atoms with van der Waals surface area (Å²) in [4.78, 5) is 10.5. The number of benzene rings is 1. The van der Waals surface area contributed by atoms with E-state index in [1.54, 1.807) is 13.8 Å². The van der Waals surface area contributed by atoms with Gasteiger partial charge in [0, 0.05) is 5.57 Å². The molecule has 2 heteroatoms. The van der Waals surface area contributed by atoms with Crippen molar-refractivity contribution >= 4 is 6.29 Å². The smallest absolute Gasteiger partial charge is 0.153 e. The second-order valence-electron chi connectivity index (χ2n) is 4.00. The van der Waals surface area contributed by atoms with Crippen LogP contribution in [0.25, 0.3) is 0 Å². The average Bonchev–Trinajstić information content (AvgIpc) is 2.36. The molecule has 1 rings (SSSR count). The summed E-state index contributed by atoms with van der Waals surface area (Å²) in [5.41, 5.74) is 3.20. The van der Waals surface area contributed by atoms with E-state index in [1.165, 1.54) is 6.08 Å². The third-order valence-corrected chi connectivity index (χ3v) is 2.55. The predicted molar refractivity (Wildman–Crippen MR) is 68.5 cm³/mol. The monoisotopic (exact) mass is 228 g/mol. The van der Waals surface area contributed by atoms with Gasteiger partial charge in [-0.2, -0.15) is 0 Å². The molecule has 1 unspecified atom stereocenters. The standard InChI is InChI=1S/C15H16O2/c1-12(2)15(17,10-9-13(3)11-16)14-7-5-4-6-8-14/h4-8,10-11,17H,1H2,2-3H3. The molecule has 0 amide bonds. The van der Waals surface area contributed by atoms with Crippen molar-refractivity contribution in [3.63, 3.8) is 0 Å². The van der Waals surface area contributed by atoms with E-state index in [4.69, 9.17) is 0 Å². The van der Waals surface area contributed by atoms with Crippen molar-refractivity contribution in [2.75, 3.05) is 0 Å². The Morgan fingerprint density at radius 3 is 2.41 bits per heavy atom. The number of aliphatic hydroxyl groups is 1. The number of hydrogen-bond acceptors (Lipinski definition) is 2. The highest BCUT2D eigenvalue weighted by molar-refractivity contribution is 5.71. The Hall–Kier alpha value is -1.89. The van der Waals surface area contributed by atoms with Gasteiger partial charge in [-0.05, 0) is 31.1 Å². The Morgan fingerprint density at radius 2 is 1.94 bits per heavy atom. The molecule has 1 aromatic carbocycles. The van der Waals surface area contributed by atoms with Crippen LogP contribution in [-0.4, -0.2) is 11.4 Å². The number of aldehydes is 1. The first-order chi connectivity index (χ1) is 8.00. The topological polar surface area (TPSA) is 37.3 Å². The lowest BCUT2D eigenvalue weighted by molar-refractivity contribution is -0.104. The molecule has 0 saturated heterocycles. The molecule has 0 bridgehead atoms. The van der Waals surface area contributed by atoms with Crippen molar-refractivity contribution in [3.05, 3.63) is 65.4 Å². The lowest BCUT2D eigenvalue weighted by Crippen LogP contribution is -2.23. The van der Waals surface area contributed by atoms with Crippen LogP contribution in [-0.2, 0) is 10.4 Å². The van der Waals surface area contributed by atoms with Gasteiger partial charge in [0.05, 0.1) is 0 Å². The molecule has 0 aliphatic heterocycles. The van der Waals surface area contributed by atoms with Crippen LogP contribution in [0.4, 0.5) is 0 Å². The summed E-state index contributed by atoms with van der Waals surface area (Å²) in [6.45, 7) is 7.16. The van der Waals surface area contributed by atoms with Gasteiger partial charge >= 0.3 is 0 Å². The van der Waals surface area contributed by atoms with Crippen LogP contribution in [0.5, 0.6) is 0 Å². The summed E-state index contributed by atoms with van der Waals surface area (Å²) in [5, 5.41) is 10.6. The Balaban J connectivity index is 3.30. The van der Waals surface area contributed by atoms with Crippen molar-refractivity contribution in [3.8, 4) is 0 Å². The van der Waals surface area contributed by atoms with Gasteiger partial charge in [0.2, 0.25) is 0 Å². The predicted octanol–water partition coefficient (Wildman–Crippen LogP) is 2.75. The molecular weight excluding hydrogens is 212 g/mol. The molecular formula is C15H16O2. The van der Waals surface area contributed by atoms with Gasteiger partial charge in [-0.1, -0.05) is 36.9 Å². The summed E-state index contributed by atoms with van der Waals surface area (Å²) >= 11 is 0. The summed E-state index contributed by atoms with van der Waals surface area (Å²) < 4.78 is 0. The summed E-state index contributed by atoms with van der Waals surface area (Å²) in [7, 11) is 0. The van der Waals surface area contributed by atoms with Crippen molar-refractivity contribution in [1.29, 1.82) is 0 Å². The maximum Gasteiger partial charge on any atom is 0.153 e. The molecule has 0 radical (unpaired) electrons. The van der Waals surface area contributed by atoms with Crippen LogP contribution < -0.4 is 0 Å². The minimum Gasteiger partial charge on any atom is -0.376 e. The van der Waals surface area contributed by atoms with Crippen LogP contribution in [0.3, 0.4) is 0 Å². The summed E-state index contributed by atoms with van der Waals surface area (Å²) in [5.74, 6) is 0. The van der Waals surface area contributed by atoms with Crippen LogP contribution >= 0.6 is 0 Å². The number of carbonyl (C=O) groups excluding carboxylic acids is 1. The molecule has 1 N–H and O–H groups in total. The van der Waals surface area contributed by atoms with Crippen LogP contribution in [0.2, 0.25) is 0 Å². The lowest BCUT2D eigenvalue weighted by atomic mass is 9.87. The highest BCUT2D eigenvalue weighted by Crippen LogP contribution is 2.29. The molecule has 1 aromatic rings. The lowest BCUT2D eigenvalue weighted by Gasteiger charge is -2.24. The maximum atomic E-state index is 10.6. The third kappa shape index (κ3) is 3.04. The van der Waals surface area contributed by atoms with E-state index in [2.05, 4.69) is 12.3 Å². The number of rotatable bonds is 4. The number of carbonyl (C=O) groups is 1. The highest BCUT2D eigenvalue weighted by atomic mass is 16.3. The molecule has 0 spiro atoms. The largest absolute Gasteiger partial charge is 0.376 e. The molecule has 2 nitrogen and oxygen atoms in total. The molecule has 0 heterocycles. The molecule has 0 saturated carbocycles. The summed E-state index contributed by atoms with van der Waals surface area (Å²) in [6, 6.07) is 9.17. The van der Waals surface area contributed by atoms with Crippen molar-refractivity contribution < 1.29 is 9.90 Å². The van der Waals surface area contributed by atoms with E-state index in [0.29, 0.717) is 23.0 Å². The first-order valence-corrected chi connectivity index (χ1v) is 5.34. The quantitative estimate of drug-likeness (QED) is 0.372. The van der Waals surface area contributed by atoms with Crippen LogP contribution in [0.15, 0.2) is 59.9 Å². The van der Waals surface area contributed by atoms with E-state index >= 15 is 0 Å². The van der Waals surface area contributed by atoms with Crippen LogP contribution in [0.1, 0.15) is 19.4 Å². The first-order valence-electron chi connectivity index (χ1n) is 5.34. The van der Waals surface area contributed by atoms with Crippen molar-refractivity contribution in [2.45, 2.75) is 19.4 Å². The Bertz CT molecular complexity index is 479. The Labute approximate surface area is 102 Å². The second-order valence-corrected chi connectivity index (χ2v) is 4.00. The minimum absolute atomic E-state index is 0.431. The van der Waals surface area contributed by atoms with E-state index in [-0.39, 0.29) is 0 Å². The zero-order valence-electron chi connectivity index (χ0n) is 10.1. The van der Waals surface area contributed by atoms with Gasteiger partial charge in [-0.15, -0.1) is 5.73 Å². The highest BCUT2D eigenvalue weighted by Gasteiger charge is 2.26. The fraction of sp³-hybridized carbons (Fsp3) is 0.200. The van der Waals surface area contributed by atoms with Crippen molar-refractivity contribution in [1.82, 2.24) is 0 Å². The summed E-state index contributed by atoms with van der Waals surface area (Å²) in [6.07, 6.45) is 2.16. The molecule has 0 aliphatic carbocycles. The van der Waals surface area contributed by atoms with Gasteiger partial charge in [0.25, 0.3) is 0 Å². The van der Waals surface area contributed by atoms with Crippen LogP contribution in [0, 0.1) is 0 Å². The van der Waals surface area contributed by atoms with Gasteiger partial charge in [-0.3, -0.25) is 4.79 Å². The minimum atomic E-state index is -1.29. The average molecular weight is 228 g/mol. The Morgan fingerprint density at radius 1 is 1.35 bits per heavy atom. The zero-order valence-corrected chi connectivity index (χ0v) is 10.1. The van der Waals surface area contributed by atoms with E-state index in [0.717, 1.165) is 0 Å². The molecule has 0 aliphatic rings. The molecule has 0 fully saturated rings. The van der Waals surface area contributed by atoms with Gasteiger partial charge in [0.1, 0.15) is 5.60 Å². The van der Waals surface area contributed by atoms with E-state index in [9.17, 15) is 9.90 Å². The third-order valence-electron chi connectivity index (χ3n) is 2.55. The molecule has 0 aromatic heterocycles. The fourth-order valence-corrected chi connectivity index (χ4v) is 1.40. The van der Waals surface area contributed by atoms with E-state index < -0.39 is 5.60 Å². The van der Waals surface area contributed by atoms with E-state index in [1.807, 2.05) is 30.3 Å². The van der Waals surface area contributed by atoms with Gasteiger partial charge in [0.15, 0.2) is 6.29 Å². The van der Waals surface area contributed by atoms with Crippen molar-refractivity contribution in [2.24, 2.45) is 0 Å². The fourth-order valence-electron chi connectivity index (χ4n) is 1.40. The zero-order chi connectivity index (χ0) is 12.9. The van der Waals surface area contributed by atoms with Gasteiger partial charge in [-0.25, -0.2) is 0 Å². The first kappa shape index (κ1) is 13.2. The number of hydrogen-bond donors (Lipinski definition) is 1. The molecule has 88 valence electrons. The second kappa shape index (κ2) is 5.44. The SMILES string of the molecule is C=C(C)C(O)(C=C=C(C)C=O)c1ccccc1. The molecule has 1 atom stereocenters. The van der Waals surface area contributed by atoms with Gasteiger partial charge < -0.3 is 5.11 Å². The maximum absolute atomic E-state index is 10.6. The molecule has 17 heavy (non-hydrogen) atoms.